The summed E-state index contributed by atoms with van der Waals surface area (Å²) in [5.74, 6) is -1.44. The molecule has 1 saturated heterocycles. The Morgan fingerprint density at radius 1 is 1.11 bits per heavy atom. The van der Waals surface area contributed by atoms with Gasteiger partial charge in [-0.3, -0.25) is 4.79 Å². The summed E-state index contributed by atoms with van der Waals surface area (Å²) in [4.78, 5) is 21.9. The van der Waals surface area contributed by atoms with E-state index in [1.165, 1.54) is 12.4 Å². The Morgan fingerprint density at radius 2 is 1.69 bits per heavy atom. The molecule has 1 aromatic carbocycles. The van der Waals surface area contributed by atoms with Crippen LogP contribution in [-0.2, 0) is 11.7 Å². The zero-order valence-corrected chi connectivity index (χ0v) is 19.8. The maximum atomic E-state index is 16.5. The number of hydrogen-bond acceptors (Lipinski definition) is 4. The Morgan fingerprint density at radius 3 is 2.22 bits per heavy atom. The number of aromatic nitrogens is 2. The van der Waals surface area contributed by atoms with E-state index in [2.05, 4.69) is 15.3 Å². The number of piperidine rings is 1. The van der Waals surface area contributed by atoms with Crippen LogP contribution >= 0.6 is 11.6 Å². The van der Waals surface area contributed by atoms with Crippen molar-refractivity contribution in [3.63, 3.8) is 0 Å². The molecule has 2 heterocycles. The van der Waals surface area contributed by atoms with Crippen LogP contribution in [0.4, 0.5) is 8.78 Å². The maximum absolute atomic E-state index is 16.5. The first-order valence-corrected chi connectivity index (χ1v) is 10.8. The molecule has 1 aromatic heterocycles. The lowest BCUT2D eigenvalue weighted by Crippen LogP contribution is -2.76. The minimum atomic E-state index is -2.87. The summed E-state index contributed by atoms with van der Waals surface area (Å²) < 4.78 is 30.0. The number of rotatable bonds is 6. The number of likely N-dealkylation sites (tertiary alicyclic amines) is 1. The molecule has 18 radical (unpaired) electrons. The van der Waals surface area contributed by atoms with Crippen LogP contribution in [0, 0.1) is 5.82 Å². The number of nitrogens with one attached hydrogen (secondary N) is 1. The molecule has 1 amide bonds. The number of carbonyl (C=O) groups is 1. The molecule has 0 aliphatic carbocycles. The topological polar surface area (TPSA) is 58.1 Å². The smallest absolute Gasteiger partial charge is 0.252 e. The van der Waals surface area contributed by atoms with E-state index in [9.17, 15) is 9.18 Å². The molecular formula is C19H12B9ClF2N4O. The van der Waals surface area contributed by atoms with E-state index in [1.807, 2.05) is 0 Å². The molecule has 36 heavy (non-hydrogen) atoms. The SMILES string of the molecule is [B]C([B])([B])c1cnc(CNC([B])([B])C2(F)CC([B])([B])N(C(=O)c3ccc(F)c(Cl)c3)CC2([B])[B])nc1. The molecule has 1 aliphatic rings. The summed E-state index contributed by atoms with van der Waals surface area (Å²) >= 11 is 5.76. The summed E-state index contributed by atoms with van der Waals surface area (Å²) in [5, 5.41) is -6.37. The summed E-state index contributed by atoms with van der Waals surface area (Å²) in [6, 6.07) is 3.19. The lowest BCUT2D eigenvalue weighted by Gasteiger charge is -2.63. The monoisotopic (exact) mass is 484 g/mol. The second-order valence-electron chi connectivity index (χ2n) is 9.07. The first kappa shape index (κ1) is 29.0. The minimum absolute atomic E-state index is 0.0780. The Hall–Kier alpha value is -1.54. The van der Waals surface area contributed by atoms with Crippen molar-refractivity contribution >= 4 is 88.1 Å². The van der Waals surface area contributed by atoms with Crippen LogP contribution in [0.1, 0.15) is 28.2 Å². The standard InChI is InChI=1S/C19H12B9ClF2N4O/c20-16(21)8-35(14(36)9-1-2-12(30)11(29)3-9)17(22,23)7-15(16,31)19(27,28)34-6-13-32-4-10(5-33-13)18(24,25)26/h1-5,34H,6-8H2. The molecular weight excluding hydrogens is 471 g/mol. The van der Waals surface area contributed by atoms with Crippen molar-refractivity contribution in [1.82, 2.24) is 20.2 Å². The molecule has 1 atom stereocenters. The Bertz CT molecular complexity index is 1150. The molecule has 1 N–H and O–H groups in total. The van der Waals surface area contributed by atoms with Crippen LogP contribution in [0.5, 0.6) is 0 Å². The Labute approximate surface area is 226 Å². The normalized spacial score (nSPS) is 21.7. The van der Waals surface area contributed by atoms with Crippen molar-refractivity contribution in [3.8, 4) is 0 Å². The zero-order valence-electron chi connectivity index (χ0n) is 19.1. The molecule has 162 valence electrons. The second-order valence-corrected chi connectivity index (χ2v) is 9.48. The first-order valence-electron chi connectivity index (χ1n) is 10.4. The van der Waals surface area contributed by atoms with E-state index >= 15 is 4.39 Å². The molecule has 3 rings (SSSR count). The van der Waals surface area contributed by atoms with Crippen LogP contribution < -0.4 is 5.32 Å². The number of carbonyl (C=O) groups excluding carboxylic acids is 1. The molecule has 1 aliphatic heterocycles. The maximum Gasteiger partial charge on any atom is 0.252 e. The van der Waals surface area contributed by atoms with Gasteiger partial charge in [0.2, 0.25) is 0 Å². The largest absolute Gasteiger partial charge is 0.351 e. The molecule has 0 saturated carbocycles. The highest BCUT2D eigenvalue weighted by molar-refractivity contribution is 6.58. The fourth-order valence-corrected chi connectivity index (χ4v) is 3.98. The minimum Gasteiger partial charge on any atom is -0.351 e. The summed E-state index contributed by atoms with van der Waals surface area (Å²) in [6.07, 6.45) is 1.66. The van der Waals surface area contributed by atoms with E-state index in [4.69, 9.17) is 82.2 Å². The van der Waals surface area contributed by atoms with Crippen molar-refractivity contribution in [2.45, 2.75) is 39.6 Å². The molecule has 1 fully saturated rings. The molecule has 5 nitrogen and oxygen atoms in total. The van der Waals surface area contributed by atoms with Gasteiger partial charge in [-0.25, -0.2) is 18.7 Å². The van der Waals surface area contributed by atoms with E-state index < -0.39 is 51.4 Å². The van der Waals surface area contributed by atoms with Crippen molar-refractivity contribution in [1.29, 1.82) is 0 Å². The fourth-order valence-electron chi connectivity index (χ4n) is 3.80. The summed E-state index contributed by atoms with van der Waals surface area (Å²) in [5.41, 5.74) is -2.72. The van der Waals surface area contributed by atoms with Gasteiger partial charge in [0.15, 0.2) is 0 Å². The number of alkyl halides is 1. The Kier molecular flexibility index (Phi) is 7.78. The predicted molar refractivity (Wildman–Crippen MR) is 141 cm³/mol. The van der Waals surface area contributed by atoms with Gasteiger partial charge in [0.1, 0.15) is 17.3 Å². The summed E-state index contributed by atoms with van der Waals surface area (Å²) in [6.45, 7) is -0.959. The van der Waals surface area contributed by atoms with Crippen LogP contribution in [0.2, 0.25) is 10.2 Å². The van der Waals surface area contributed by atoms with E-state index in [1.54, 1.807) is 0 Å². The first-order chi connectivity index (χ1) is 16.3. The van der Waals surface area contributed by atoms with Gasteiger partial charge in [-0.2, -0.15) is 0 Å². The highest BCUT2D eigenvalue weighted by Crippen LogP contribution is 2.51. The highest BCUT2D eigenvalue weighted by atomic mass is 35.5. The van der Waals surface area contributed by atoms with Crippen molar-refractivity contribution < 1.29 is 13.6 Å². The van der Waals surface area contributed by atoms with Crippen molar-refractivity contribution in [2.75, 3.05) is 6.54 Å². The van der Waals surface area contributed by atoms with Gasteiger partial charge in [-0.05, 0) is 46.1 Å². The third-order valence-corrected chi connectivity index (χ3v) is 6.29. The van der Waals surface area contributed by atoms with Crippen LogP contribution in [-0.4, -0.2) is 114 Å². The van der Waals surface area contributed by atoms with E-state index in [0.717, 1.165) is 23.1 Å². The zero-order chi connectivity index (χ0) is 27.3. The third kappa shape index (κ3) is 5.50. The average Bonchev–Trinajstić information content (AvgIpc) is 2.76. The van der Waals surface area contributed by atoms with Gasteiger partial charge in [-0.1, -0.05) is 11.6 Å². The number of amides is 1. The average molecular weight is 483 g/mol. The molecule has 0 bridgehead atoms. The number of halogens is 3. The molecule has 2 aromatic rings. The van der Waals surface area contributed by atoms with Crippen LogP contribution in [0.15, 0.2) is 30.6 Å². The van der Waals surface area contributed by atoms with Gasteiger partial charge in [0.25, 0.3) is 5.91 Å². The predicted octanol–water partition coefficient (Wildman–Crippen LogP) is -1.34. The number of nitrogens with zero attached hydrogens (tertiary/aromatic N) is 3. The van der Waals surface area contributed by atoms with Gasteiger partial charge < -0.3 is 10.2 Å². The molecule has 17 heteroatoms. The lowest BCUT2D eigenvalue weighted by molar-refractivity contribution is -0.000757. The van der Waals surface area contributed by atoms with Crippen LogP contribution in [0.25, 0.3) is 0 Å². The number of hydrogen-bond donors (Lipinski definition) is 1. The third-order valence-electron chi connectivity index (χ3n) is 6.00. The van der Waals surface area contributed by atoms with Crippen molar-refractivity contribution in [3.05, 3.63) is 58.4 Å². The second kappa shape index (κ2) is 9.65. The summed E-state index contributed by atoms with van der Waals surface area (Å²) in [7, 11) is 53.3. The fraction of sp³-hybridized carbons (Fsp3) is 0.421. The van der Waals surface area contributed by atoms with Gasteiger partial charge in [0, 0.05) is 24.5 Å². The van der Waals surface area contributed by atoms with E-state index in [-0.39, 0.29) is 28.5 Å². The molecule has 0 spiro atoms. The number of benzene rings is 1. The quantitative estimate of drug-likeness (QED) is 0.518. The van der Waals surface area contributed by atoms with E-state index in [0.29, 0.717) is 0 Å². The van der Waals surface area contributed by atoms with Gasteiger partial charge in [0.05, 0.1) is 82.2 Å². The van der Waals surface area contributed by atoms with Gasteiger partial charge in [-0.15, -0.1) is 5.11 Å². The highest BCUT2D eigenvalue weighted by Gasteiger charge is 2.60. The molecule has 1 unspecified atom stereocenters. The Balaban J connectivity index is 1.83. The van der Waals surface area contributed by atoms with Crippen LogP contribution in [0.3, 0.4) is 0 Å². The van der Waals surface area contributed by atoms with Gasteiger partial charge >= 0.3 is 0 Å². The van der Waals surface area contributed by atoms with Crippen molar-refractivity contribution in [2.24, 2.45) is 0 Å². The lowest BCUT2D eigenvalue weighted by atomic mass is 9.31.